The van der Waals surface area contributed by atoms with Crippen LogP contribution in [0, 0.1) is 13.8 Å². The second-order valence-corrected chi connectivity index (χ2v) is 5.19. The zero-order chi connectivity index (χ0) is 14.1. The number of nitrogens with zero attached hydrogens (tertiary/aromatic N) is 1. The van der Waals surface area contributed by atoms with Gasteiger partial charge in [0.25, 0.3) is 0 Å². The zero-order valence-corrected chi connectivity index (χ0v) is 12.2. The van der Waals surface area contributed by atoms with Gasteiger partial charge in [0.15, 0.2) is 0 Å². The first-order valence-corrected chi connectivity index (χ1v) is 7.02. The molecule has 2 aromatic carbocycles. The second-order valence-electron chi connectivity index (χ2n) is 5.19. The average molecular weight is 261 g/mol. The minimum Gasteiger partial charge on any atom is -0.313 e. The van der Waals surface area contributed by atoms with E-state index < -0.39 is 0 Å². The second kappa shape index (κ2) is 5.01. The molecule has 3 aromatic rings. The highest BCUT2D eigenvalue weighted by Gasteiger charge is 2.12. The van der Waals surface area contributed by atoms with Crippen molar-refractivity contribution in [2.75, 3.05) is 0 Å². The normalized spacial score (nSPS) is 11.6. The molecule has 0 N–H and O–H groups in total. The number of fused-ring (bicyclic) bond motifs is 1. The molecule has 100 valence electrons. The van der Waals surface area contributed by atoms with Crippen LogP contribution in [0.1, 0.15) is 23.7 Å². The summed E-state index contributed by atoms with van der Waals surface area (Å²) in [6.07, 6.45) is 4.30. The van der Waals surface area contributed by atoms with Crippen molar-refractivity contribution >= 4 is 17.0 Å². The topological polar surface area (TPSA) is 4.93 Å². The van der Waals surface area contributed by atoms with Crippen LogP contribution < -0.4 is 0 Å². The number of para-hydroxylation sites is 1. The van der Waals surface area contributed by atoms with Gasteiger partial charge >= 0.3 is 0 Å². The van der Waals surface area contributed by atoms with E-state index in [0.717, 1.165) is 0 Å². The summed E-state index contributed by atoms with van der Waals surface area (Å²) in [6, 6.07) is 17.3. The molecule has 20 heavy (non-hydrogen) atoms. The fourth-order valence-corrected chi connectivity index (χ4v) is 2.87. The summed E-state index contributed by atoms with van der Waals surface area (Å²) in [5.74, 6) is 0. The molecule has 0 aliphatic heterocycles. The van der Waals surface area contributed by atoms with E-state index in [2.05, 4.69) is 86.0 Å². The van der Waals surface area contributed by atoms with Crippen molar-refractivity contribution in [1.82, 2.24) is 4.57 Å². The minimum absolute atomic E-state index is 1.23. The lowest BCUT2D eigenvalue weighted by Crippen LogP contribution is -1.96. The third-order valence-electron chi connectivity index (χ3n) is 3.75. The number of hydrogen-bond donors (Lipinski definition) is 0. The number of allylic oxidation sites excluding steroid dienone is 1. The molecule has 0 saturated carbocycles. The van der Waals surface area contributed by atoms with Gasteiger partial charge in [-0.05, 0) is 44.5 Å². The van der Waals surface area contributed by atoms with Gasteiger partial charge in [-0.2, -0.15) is 0 Å². The number of aryl methyl sites for hydroxylation is 1. The first-order valence-electron chi connectivity index (χ1n) is 7.02. The van der Waals surface area contributed by atoms with Gasteiger partial charge < -0.3 is 4.57 Å². The lowest BCUT2D eigenvalue weighted by molar-refractivity contribution is 1.05. The van der Waals surface area contributed by atoms with Crippen LogP contribution >= 0.6 is 0 Å². The summed E-state index contributed by atoms with van der Waals surface area (Å²) in [5.41, 5.74) is 6.38. The summed E-state index contributed by atoms with van der Waals surface area (Å²) in [5, 5.41) is 1.31. The highest BCUT2D eigenvalue weighted by Crippen LogP contribution is 2.30. The molecule has 0 fully saturated rings. The fourth-order valence-electron chi connectivity index (χ4n) is 2.87. The van der Waals surface area contributed by atoms with Crippen molar-refractivity contribution < 1.29 is 0 Å². The van der Waals surface area contributed by atoms with Crippen molar-refractivity contribution in [1.29, 1.82) is 0 Å². The molecular weight excluding hydrogens is 242 g/mol. The van der Waals surface area contributed by atoms with Gasteiger partial charge in [0.2, 0.25) is 0 Å². The molecule has 0 aliphatic carbocycles. The van der Waals surface area contributed by atoms with Gasteiger partial charge in [-0.3, -0.25) is 0 Å². The number of hydrogen-bond acceptors (Lipinski definition) is 0. The number of rotatable bonds is 2. The SMILES string of the molecule is C/C=C\c1c(C)n(-c2cccc(C)c2)c2ccccc12. The molecule has 0 saturated heterocycles. The fraction of sp³-hybridized carbons (Fsp3) is 0.158. The molecule has 1 heterocycles. The quantitative estimate of drug-likeness (QED) is 0.591. The van der Waals surface area contributed by atoms with Gasteiger partial charge in [-0.1, -0.05) is 42.5 Å². The third kappa shape index (κ3) is 1.96. The lowest BCUT2D eigenvalue weighted by atomic mass is 10.1. The summed E-state index contributed by atoms with van der Waals surface area (Å²) in [4.78, 5) is 0. The Morgan fingerprint density at radius 2 is 1.75 bits per heavy atom. The van der Waals surface area contributed by atoms with E-state index >= 15 is 0 Å². The van der Waals surface area contributed by atoms with Gasteiger partial charge in [0.05, 0.1) is 5.52 Å². The lowest BCUT2D eigenvalue weighted by Gasteiger charge is -2.09. The first kappa shape index (κ1) is 12.7. The van der Waals surface area contributed by atoms with Crippen LogP contribution in [-0.2, 0) is 0 Å². The van der Waals surface area contributed by atoms with Crippen molar-refractivity contribution in [3.8, 4) is 5.69 Å². The molecule has 0 atom stereocenters. The molecule has 0 spiro atoms. The molecular formula is C19H19N. The molecule has 0 radical (unpaired) electrons. The van der Waals surface area contributed by atoms with Crippen LogP contribution in [0.15, 0.2) is 54.6 Å². The van der Waals surface area contributed by atoms with Crippen LogP contribution in [0.4, 0.5) is 0 Å². The maximum Gasteiger partial charge on any atom is 0.0537 e. The Balaban J connectivity index is 2.39. The average Bonchev–Trinajstić information content (AvgIpc) is 2.72. The smallest absolute Gasteiger partial charge is 0.0537 e. The van der Waals surface area contributed by atoms with Crippen LogP contribution in [-0.4, -0.2) is 4.57 Å². The van der Waals surface area contributed by atoms with E-state index in [4.69, 9.17) is 0 Å². The van der Waals surface area contributed by atoms with Gasteiger partial charge in [0.1, 0.15) is 0 Å². The maximum atomic E-state index is 2.34. The predicted molar refractivity (Wildman–Crippen MR) is 87.5 cm³/mol. The largest absolute Gasteiger partial charge is 0.313 e. The summed E-state index contributed by atoms with van der Waals surface area (Å²) in [7, 11) is 0. The van der Waals surface area contributed by atoms with Gasteiger partial charge in [-0.25, -0.2) is 0 Å². The Kier molecular flexibility index (Phi) is 3.19. The molecule has 0 unspecified atom stereocenters. The van der Waals surface area contributed by atoms with Crippen LogP contribution in [0.3, 0.4) is 0 Å². The monoisotopic (exact) mass is 261 g/mol. The van der Waals surface area contributed by atoms with E-state index in [-0.39, 0.29) is 0 Å². The van der Waals surface area contributed by atoms with Crippen molar-refractivity contribution in [2.24, 2.45) is 0 Å². The summed E-state index contributed by atoms with van der Waals surface area (Å²) < 4.78 is 2.34. The number of aromatic nitrogens is 1. The summed E-state index contributed by atoms with van der Waals surface area (Å²) >= 11 is 0. The Hall–Kier alpha value is -2.28. The molecule has 1 nitrogen and oxygen atoms in total. The Bertz CT molecular complexity index is 791. The predicted octanol–water partition coefficient (Wildman–Crippen LogP) is 5.28. The van der Waals surface area contributed by atoms with Crippen LogP contribution in [0.2, 0.25) is 0 Å². The van der Waals surface area contributed by atoms with E-state index in [1.165, 1.54) is 33.4 Å². The molecule has 0 aliphatic rings. The van der Waals surface area contributed by atoms with Crippen LogP contribution in [0.5, 0.6) is 0 Å². The van der Waals surface area contributed by atoms with Crippen molar-refractivity contribution in [2.45, 2.75) is 20.8 Å². The number of benzene rings is 2. The molecule has 1 aromatic heterocycles. The maximum absolute atomic E-state index is 2.34. The summed E-state index contributed by atoms with van der Waals surface area (Å²) in [6.45, 7) is 6.40. The third-order valence-corrected chi connectivity index (χ3v) is 3.75. The van der Waals surface area contributed by atoms with E-state index in [1.807, 2.05) is 0 Å². The molecule has 0 bridgehead atoms. The standard InChI is InChI=1S/C19H19N/c1-4-8-17-15(3)20(16-10-7-9-14(2)13-16)19-12-6-5-11-18(17)19/h4-13H,1-3H3/b8-4-. The van der Waals surface area contributed by atoms with E-state index in [9.17, 15) is 0 Å². The highest BCUT2D eigenvalue weighted by molar-refractivity contribution is 5.92. The molecule has 3 rings (SSSR count). The highest BCUT2D eigenvalue weighted by atomic mass is 15.0. The Morgan fingerprint density at radius 1 is 0.950 bits per heavy atom. The molecule has 1 heteroatoms. The van der Waals surface area contributed by atoms with Crippen molar-refractivity contribution in [3.63, 3.8) is 0 Å². The van der Waals surface area contributed by atoms with Crippen molar-refractivity contribution in [3.05, 3.63) is 71.4 Å². The van der Waals surface area contributed by atoms with Crippen LogP contribution in [0.25, 0.3) is 22.7 Å². The van der Waals surface area contributed by atoms with E-state index in [1.54, 1.807) is 0 Å². The first-order chi connectivity index (χ1) is 9.72. The molecule has 0 amide bonds. The minimum atomic E-state index is 1.23. The Morgan fingerprint density at radius 3 is 2.50 bits per heavy atom. The van der Waals surface area contributed by atoms with Gasteiger partial charge in [0, 0.05) is 22.3 Å². The Labute approximate surface area is 120 Å². The van der Waals surface area contributed by atoms with Gasteiger partial charge in [-0.15, -0.1) is 0 Å². The van der Waals surface area contributed by atoms with E-state index in [0.29, 0.717) is 0 Å². The zero-order valence-electron chi connectivity index (χ0n) is 12.2.